The number of carboxylic acid groups (broad SMARTS) is 1. The summed E-state index contributed by atoms with van der Waals surface area (Å²) < 4.78 is 13.2. The van der Waals surface area contributed by atoms with E-state index in [2.05, 4.69) is 9.97 Å². The van der Waals surface area contributed by atoms with E-state index in [0.717, 1.165) is 0 Å². The molecule has 0 fully saturated rings. The van der Waals surface area contributed by atoms with Gasteiger partial charge in [-0.25, -0.2) is 9.37 Å². The molecule has 0 radical (unpaired) electrons. The molecule has 4 nitrogen and oxygen atoms in total. The summed E-state index contributed by atoms with van der Waals surface area (Å²) in [6, 6.07) is 2.91. The molecule has 0 amide bonds. The number of hydrogen-bond donors (Lipinski definition) is 2. The Balaban J connectivity index is 2.51. The van der Waals surface area contributed by atoms with Crippen LogP contribution in [0.25, 0.3) is 11.0 Å². The quantitative estimate of drug-likeness (QED) is 0.788. The minimum Gasteiger partial charge on any atom is -0.481 e. The van der Waals surface area contributed by atoms with Crippen LogP contribution in [0.2, 0.25) is 0 Å². The Bertz CT molecular complexity index is 494. The fourth-order valence-electron chi connectivity index (χ4n) is 1.42. The minimum atomic E-state index is -0.966. The van der Waals surface area contributed by atoms with Gasteiger partial charge in [0, 0.05) is 6.07 Å². The van der Waals surface area contributed by atoms with Crippen LogP contribution in [0.15, 0.2) is 12.1 Å². The van der Waals surface area contributed by atoms with Gasteiger partial charge in [-0.05, 0) is 18.6 Å². The second-order valence-corrected chi connectivity index (χ2v) is 3.37. The van der Waals surface area contributed by atoms with Crippen molar-refractivity contribution < 1.29 is 14.3 Å². The van der Waals surface area contributed by atoms with Crippen molar-refractivity contribution in [3.05, 3.63) is 29.3 Å². The highest BCUT2D eigenvalue weighted by molar-refractivity contribution is 5.77. The first-order valence-corrected chi connectivity index (χ1v) is 4.43. The average Bonchev–Trinajstić information content (AvgIpc) is 2.46. The normalized spacial score (nSPS) is 10.8. The third kappa shape index (κ3) is 1.81. The van der Waals surface area contributed by atoms with Crippen molar-refractivity contribution in [1.29, 1.82) is 0 Å². The zero-order valence-electron chi connectivity index (χ0n) is 8.04. The fraction of sp³-hybridized carbons (Fsp3) is 0.200. The van der Waals surface area contributed by atoms with Crippen molar-refractivity contribution in [3.63, 3.8) is 0 Å². The molecule has 0 bridgehead atoms. The molecule has 0 atom stereocenters. The molecular formula is C10H9FN2O2. The molecule has 1 aromatic heterocycles. The summed E-state index contributed by atoms with van der Waals surface area (Å²) in [4.78, 5) is 17.3. The number of carboxylic acids is 1. The zero-order chi connectivity index (χ0) is 11.0. The summed E-state index contributed by atoms with van der Waals surface area (Å²) in [6.07, 6.45) is -0.185. The van der Waals surface area contributed by atoms with Crippen LogP contribution in [0.5, 0.6) is 0 Å². The van der Waals surface area contributed by atoms with Crippen LogP contribution in [-0.2, 0) is 11.2 Å². The molecule has 2 rings (SSSR count). The lowest BCUT2D eigenvalue weighted by Crippen LogP contribution is -2.01. The Hall–Kier alpha value is -1.91. The fourth-order valence-corrected chi connectivity index (χ4v) is 1.42. The molecule has 0 unspecified atom stereocenters. The SMILES string of the molecule is Cc1cc2[nH]c(CC(=O)O)nc2cc1F. The first-order valence-electron chi connectivity index (χ1n) is 4.43. The van der Waals surface area contributed by atoms with E-state index in [4.69, 9.17) is 5.11 Å². The lowest BCUT2D eigenvalue weighted by molar-refractivity contribution is -0.136. The number of imidazole rings is 1. The number of nitrogens with one attached hydrogen (secondary N) is 1. The van der Waals surface area contributed by atoms with Crippen molar-refractivity contribution in [2.75, 3.05) is 0 Å². The van der Waals surface area contributed by atoms with E-state index in [9.17, 15) is 9.18 Å². The molecule has 0 aliphatic carbocycles. The van der Waals surface area contributed by atoms with Crippen LogP contribution in [0.3, 0.4) is 0 Å². The summed E-state index contributed by atoms with van der Waals surface area (Å²) in [5, 5.41) is 8.57. The van der Waals surface area contributed by atoms with Gasteiger partial charge in [-0.1, -0.05) is 0 Å². The second-order valence-electron chi connectivity index (χ2n) is 3.37. The van der Waals surface area contributed by atoms with Gasteiger partial charge >= 0.3 is 5.97 Å². The van der Waals surface area contributed by atoms with Gasteiger partial charge in [0.05, 0.1) is 11.0 Å². The Morgan fingerprint density at radius 1 is 1.60 bits per heavy atom. The van der Waals surface area contributed by atoms with Gasteiger partial charge in [0.1, 0.15) is 18.1 Å². The number of halogens is 1. The van der Waals surface area contributed by atoms with Gasteiger partial charge in [-0.2, -0.15) is 0 Å². The third-order valence-electron chi connectivity index (χ3n) is 2.13. The van der Waals surface area contributed by atoms with Gasteiger partial charge in [-0.3, -0.25) is 4.79 Å². The van der Waals surface area contributed by atoms with Crippen LogP contribution in [0.4, 0.5) is 4.39 Å². The molecule has 0 saturated heterocycles. The zero-order valence-corrected chi connectivity index (χ0v) is 8.04. The van der Waals surface area contributed by atoms with E-state index < -0.39 is 5.97 Å². The molecule has 2 N–H and O–H groups in total. The van der Waals surface area contributed by atoms with Gasteiger partial charge < -0.3 is 10.1 Å². The number of nitrogens with zero attached hydrogens (tertiary/aromatic N) is 1. The number of rotatable bonds is 2. The molecule has 0 saturated carbocycles. The highest BCUT2D eigenvalue weighted by Gasteiger charge is 2.08. The highest BCUT2D eigenvalue weighted by Crippen LogP contribution is 2.16. The number of hydrogen-bond acceptors (Lipinski definition) is 2. The third-order valence-corrected chi connectivity index (χ3v) is 2.13. The summed E-state index contributed by atoms with van der Waals surface area (Å²) in [7, 11) is 0. The first kappa shape index (κ1) is 9.64. The first-order chi connectivity index (χ1) is 7.06. The molecule has 1 heterocycles. The molecule has 15 heavy (non-hydrogen) atoms. The van der Waals surface area contributed by atoms with Crippen LogP contribution >= 0.6 is 0 Å². The number of fused-ring (bicyclic) bond motifs is 1. The predicted molar refractivity (Wildman–Crippen MR) is 52.1 cm³/mol. The lowest BCUT2D eigenvalue weighted by Gasteiger charge is -1.93. The number of aromatic amines is 1. The lowest BCUT2D eigenvalue weighted by atomic mass is 10.2. The van der Waals surface area contributed by atoms with Gasteiger partial charge in [0.25, 0.3) is 0 Å². The number of H-pyrrole nitrogens is 1. The maximum absolute atomic E-state index is 13.2. The number of aromatic nitrogens is 2. The Morgan fingerprint density at radius 3 is 3.00 bits per heavy atom. The summed E-state index contributed by atoms with van der Waals surface area (Å²) in [6.45, 7) is 1.65. The Kier molecular flexibility index (Phi) is 2.15. The van der Waals surface area contributed by atoms with Gasteiger partial charge in [-0.15, -0.1) is 0 Å². The van der Waals surface area contributed by atoms with E-state index >= 15 is 0 Å². The summed E-state index contributed by atoms with van der Waals surface area (Å²) in [5.41, 5.74) is 1.62. The van der Waals surface area contributed by atoms with Crippen LogP contribution in [0.1, 0.15) is 11.4 Å². The molecule has 1 aromatic carbocycles. The van der Waals surface area contributed by atoms with E-state index in [-0.39, 0.29) is 12.2 Å². The molecular weight excluding hydrogens is 199 g/mol. The highest BCUT2D eigenvalue weighted by atomic mass is 19.1. The number of aliphatic carboxylic acids is 1. The van der Waals surface area contributed by atoms with Crippen LogP contribution < -0.4 is 0 Å². The summed E-state index contributed by atoms with van der Waals surface area (Å²) >= 11 is 0. The average molecular weight is 208 g/mol. The van der Waals surface area contributed by atoms with Crippen molar-refractivity contribution >= 4 is 17.0 Å². The van der Waals surface area contributed by atoms with Crippen molar-refractivity contribution in [3.8, 4) is 0 Å². The maximum Gasteiger partial charge on any atom is 0.311 e. The van der Waals surface area contributed by atoms with Crippen molar-refractivity contribution in [2.45, 2.75) is 13.3 Å². The molecule has 0 aliphatic rings. The molecule has 0 spiro atoms. The van der Waals surface area contributed by atoms with E-state index in [0.29, 0.717) is 22.4 Å². The van der Waals surface area contributed by atoms with Crippen molar-refractivity contribution in [1.82, 2.24) is 9.97 Å². The Labute approximate surface area is 84.8 Å². The second kappa shape index (κ2) is 3.34. The van der Waals surface area contributed by atoms with Crippen LogP contribution in [-0.4, -0.2) is 21.0 Å². The number of benzene rings is 1. The largest absolute Gasteiger partial charge is 0.481 e. The van der Waals surface area contributed by atoms with E-state index in [1.54, 1.807) is 13.0 Å². The van der Waals surface area contributed by atoms with Crippen molar-refractivity contribution in [2.24, 2.45) is 0 Å². The summed E-state index contributed by atoms with van der Waals surface area (Å²) in [5.74, 6) is -0.968. The number of aryl methyl sites for hydroxylation is 1. The topological polar surface area (TPSA) is 66.0 Å². The monoisotopic (exact) mass is 208 g/mol. The smallest absolute Gasteiger partial charge is 0.311 e. The maximum atomic E-state index is 13.2. The molecule has 78 valence electrons. The standard InChI is InChI=1S/C10H9FN2O2/c1-5-2-7-8(3-6(5)11)13-9(12-7)4-10(14)15/h2-3H,4H2,1H3,(H,12,13)(H,14,15). The van der Waals surface area contributed by atoms with Crippen LogP contribution in [0, 0.1) is 12.7 Å². The predicted octanol–water partition coefficient (Wildman–Crippen LogP) is 1.64. The van der Waals surface area contributed by atoms with Gasteiger partial charge in [0.2, 0.25) is 0 Å². The van der Waals surface area contributed by atoms with Gasteiger partial charge in [0.15, 0.2) is 0 Å². The minimum absolute atomic E-state index is 0.185. The Morgan fingerprint density at radius 2 is 2.33 bits per heavy atom. The molecule has 2 aromatic rings. The van der Waals surface area contributed by atoms with E-state index in [1.807, 2.05) is 0 Å². The van der Waals surface area contributed by atoms with E-state index in [1.165, 1.54) is 6.07 Å². The molecule has 5 heteroatoms. The molecule has 0 aliphatic heterocycles. The number of carbonyl (C=O) groups is 1.